The maximum atomic E-state index is 9.01. The van der Waals surface area contributed by atoms with Gasteiger partial charge in [-0.15, -0.1) is 5.10 Å². The summed E-state index contributed by atoms with van der Waals surface area (Å²) < 4.78 is 0. The van der Waals surface area contributed by atoms with Crippen LogP contribution in [0.25, 0.3) is 11.4 Å². The minimum absolute atomic E-state index is 0.204. The van der Waals surface area contributed by atoms with E-state index in [-0.39, 0.29) is 6.61 Å². The van der Waals surface area contributed by atoms with Crippen molar-refractivity contribution < 1.29 is 5.11 Å². The standard InChI is InChI=1S/C23H30N4O/c1-4-21(16(2)3)18-10-12-20(13-11-18)24-23-25-22(26-27-23)19-9-5-7-17(15-19)8-6-14-28/h5,7,9-13,15-16,21,28H,4,6,8,14H2,1-3H3,(H2,24,25,26,27). The van der Waals surface area contributed by atoms with Crippen molar-refractivity contribution >= 4 is 11.6 Å². The molecule has 5 heteroatoms. The van der Waals surface area contributed by atoms with Crippen LogP contribution < -0.4 is 5.32 Å². The van der Waals surface area contributed by atoms with Crippen LogP contribution in [0.3, 0.4) is 0 Å². The molecule has 1 aromatic heterocycles. The van der Waals surface area contributed by atoms with Crippen LogP contribution in [0.4, 0.5) is 11.6 Å². The lowest BCUT2D eigenvalue weighted by atomic mass is 9.86. The molecule has 2 aromatic carbocycles. The number of H-pyrrole nitrogens is 1. The number of aromatic amines is 1. The van der Waals surface area contributed by atoms with E-state index in [2.05, 4.69) is 77.7 Å². The summed E-state index contributed by atoms with van der Waals surface area (Å²) in [6, 6.07) is 16.7. The Bertz CT molecular complexity index is 870. The predicted octanol–water partition coefficient (Wildman–Crippen LogP) is 5.29. The molecule has 3 rings (SSSR count). The molecule has 0 bridgehead atoms. The zero-order chi connectivity index (χ0) is 19.9. The third kappa shape index (κ3) is 4.98. The zero-order valence-electron chi connectivity index (χ0n) is 16.9. The van der Waals surface area contributed by atoms with Crippen LogP contribution in [0.2, 0.25) is 0 Å². The van der Waals surface area contributed by atoms with Gasteiger partial charge in [0.05, 0.1) is 0 Å². The summed E-state index contributed by atoms with van der Waals surface area (Å²) in [4.78, 5) is 4.57. The maximum Gasteiger partial charge on any atom is 0.246 e. The van der Waals surface area contributed by atoms with Gasteiger partial charge in [-0.05, 0) is 60.4 Å². The van der Waals surface area contributed by atoms with Crippen molar-refractivity contribution in [2.75, 3.05) is 11.9 Å². The quantitative estimate of drug-likeness (QED) is 0.473. The largest absolute Gasteiger partial charge is 0.396 e. The highest BCUT2D eigenvalue weighted by Crippen LogP contribution is 2.29. The lowest BCUT2D eigenvalue weighted by Gasteiger charge is -2.19. The highest BCUT2D eigenvalue weighted by molar-refractivity contribution is 5.60. The molecule has 0 spiro atoms. The Kier molecular flexibility index (Phi) is 6.82. The first kappa shape index (κ1) is 20.1. The van der Waals surface area contributed by atoms with Crippen LogP contribution in [0.15, 0.2) is 48.5 Å². The number of nitrogens with one attached hydrogen (secondary N) is 2. The molecule has 0 saturated heterocycles. The van der Waals surface area contributed by atoms with E-state index in [0.29, 0.717) is 17.8 Å². The lowest BCUT2D eigenvalue weighted by Crippen LogP contribution is -2.05. The highest BCUT2D eigenvalue weighted by Gasteiger charge is 2.13. The Balaban J connectivity index is 1.69. The van der Waals surface area contributed by atoms with E-state index >= 15 is 0 Å². The molecule has 3 aromatic rings. The van der Waals surface area contributed by atoms with Gasteiger partial charge >= 0.3 is 0 Å². The van der Waals surface area contributed by atoms with E-state index in [1.54, 1.807) is 0 Å². The molecule has 0 aliphatic heterocycles. The monoisotopic (exact) mass is 378 g/mol. The van der Waals surface area contributed by atoms with Crippen molar-refractivity contribution in [2.24, 2.45) is 5.92 Å². The SMILES string of the molecule is CCC(c1ccc(Nc2n[nH]c(-c3cccc(CCCO)c3)n2)cc1)C(C)C. The number of aliphatic hydroxyl groups excluding tert-OH is 1. The van der Waals surface area contributed by atoms with Gasteiger partial charge in [-0.3, -0.25) is 5.10 Å². The first-order valence-electron chi connectivity index (χ1n) is 10.1. The van der Waals surface area contributed by atoms with E-state index in [9.17, 15) is 0 Å². The second-order valence-corrected chi connectivity index (χ2v) is 7.54. The predicted molar refractivity (Wildman–Crippen MR) is 115 cm³/mol. The Morgan fingerprint density at radius 3 is 2.57 bits per heavy atom. The van der Waals surface area contributed by atoms with Gasteiger partial charge in [0, 0.05) is 17.9 Å². The van der Waals surface area contributed by atoms with Crippen molar-refractivity contribution in [3.63, 3.8) is 0 Å². The van der Waals surface area contributed by atoms with E-state index < -0.39 is 0 Å². The second kappa shape index (κ2) is 9.51. The van der Waals surface area contributed by atoms with Gasteiger partial charge in [0.25, 0.3) is 0 Å². The van der Waals surface area contributed by atoms with Crippen LogP contribution in [0.1, 0.15) is 50.7 Å². The number of aromatic nitrogens is 3. The third-order valence-corrected chi connectivity index (χ3v) is 5.15. The fourth-order valence-electron chi connectivity index (χ4n) is 3.64. The van der Waals surface area contributed by atoms with Crippen molar-refractivity contribution in [1.29, 1.82) is 0 Å². The first-order valence-corrected chi connectivity index (χ1v) is 10.1. The minimum atomic E-state index is 0.204. The molecule has 3 N–H and O–H groups in total. The number of aliphatic hydroxyl groups is 1. The Morgan fingerprint density at radius 2 is 1.89 bits per heavy atom. The van der Waals surface area contributed by atoms with Gasteiger partial charge in [-0.1, -0.05) is 51.1 Å². The fourth-order valence-corrected chi connectivity index (χ4v) is 3.64. The molecule has 0 fully saturated rings. The molecule has 1 atom stereocenters. The number of anilines is 2. The van der Waals surface area contributed by atoms with Gasteiger partial charge in [-0.2, -0.15) is 4.98 Å². The summed E-state index contributed by atoms with van der Waals surface area (Å²) >= 11 is 0. The molecule has 0 aliphatic carbocycles. The number of aryl methyl sites for hydroxylation is 1. The van der Waals surface area contributed by atoms with Crippen LogP contribution in [0, 0.1) is 5.92 Å². The number of benzene rings is 2. The molecular formula is C23H30N4O. The lowest BCUT2D eigenvalue weighted by molar-refractivity contribution is 0.288. The first-order chi connectivity index (χ1) is 13.6. The average Bonchev–Trinajstić information content (AvgIpc) is 3.17. The molecule has 0 radical (unpaired) electrons. The van der Waals surface area contributed by atoms with E-state index in [1.165, 1.54) is 11.1 Å². The van der Waals surface area contributed by atoms with Crippen molar-refractivity contribution in [1.82, 2.24) is 15.2 Å². The average molecular weight is 379 g/mol. The molecule has 0 aliphatic rings. The van der Waals surface area contributed by atoms with E-state index in [4.69, 9.17) is 5.11 Å². The van der Waals surface area contributed by atoms with Gasteiger partial charge < -0.3 is 10.4 Å². The summed E-state index contributed by atoms with van der Waals surface area (Å²) in [7, 11) is 0. The van der Waals surface area contributed by atoms with Crippen LogP contribution in [0.5, 0.6) is 0 Å². The van der Waals surface area contributed by atoms with Gasteiger partial charge in [0.1, 0.15) is 0 Å². The summed E-state index contributed by atoms with van der Waals surface area (Å²) in [6.45, 7) is 6.99. The fraction of sp³-hybridized carbons (Fsp3) is 0.391. The summed E-state index contributed by atoms with van der Waals surface area (Å²) in [5, 5.41) is 19.6. The molecule has 1 unspecified atom stereocenters. The molecule has 0 amide bonds. The van der Waals surface area contributed by atoms with E-state index in [1.807, 2.05) is 12.1 Å². The molecule has 5 nitrogen and oxygen atoms in total. The normalized spacial score (nSPS) is 12.3. The zero-order valence-corrected chi connectivity index (χ0v) is 16.9. The molecule has 1 heterocycles. The number of hydrogen-bond donors (Lipinski definition) is 3. The van der Waals surface area contributed by atoms with Crippen LogP contribution >= 0.6 is 0 Å². The van der Waals surface area contributed by atoms with Gasteiger partial charge in [0.15, 0.2) is 5.82 Å². The summed E-state index contributed by atoms with van der Waals surface area (Å²) in [5.41, 5.74) is 4.53. The Hall–Kier alpha value is -2.66. The molecule has 0 saturated carbocycles. The number of nitrogens with zero attached hydrogens (tertiary/aromatic N) is 2. The Morgan fingerprint density at radius 1 is 1.11 bits per heavy atom. The topological polar surface area (TPSA) is 73.8 Å². The molecular weight excluding hydrogens is 348 g/mol. The smallest absolute Gasteiger partial charge is 0.246 e. The maximum absolute atomic E-state index is 9.01. The van der Waals surface area contributed by atoms with Crippen LogP contribution in [-0.4, -0.2) is 26.9 Å². The molecule has 28 heavy (non-hydrogen) atoms. The van der Waals surface area contributed by atoms with Crippen LogP contribution in [-0.2, 0) is 6.42 Å². The van der Waals surface area contributed by atoms with Gasteiger partial charge in [-0.25, -0.2) is 0 Å². The number of hydrogen-bond acceptors (Lipinski definition) is 4. The third-order valence-electron chi connectivity index (χ3n) is 5.15. The highest BCUT2D eigenvalue weighted by atomic mass is 16.2. The Labute approximate surface area is 167 Å². The second-order valence-electron chi connectivity index (χ2n) is 7.54. The van der Waals surface area contributed by atoms with Gasteiger partial charge in [0.2, 0.25) is 5.95 Å². The van der Waals surface area contributed by atoms with Crippen molar-refractivity contribution in [2.45, 2.75) is 46.0 Å². The summed E-state index contributed by atoms with van der Waals surface area (Å²) in [6.07, 6.45) is 2.76. The summed E-state index contributed by atoms with van der Waals surface area (Å²) in [5.74, 6) is 2.50. The molecule has 148 valence electrons. The van der Waals surface area contributed by atoms with E-state index in [0.717, 1.165) is 36.3 Å². The number of rotatable bonds is 9. The van der Waals surface area contributed by atoms with Crippen molar-refractivity contribution in [3.05, 3.63) is 59.7 Å². The van der Waals surface area contributed by atoms with Crippen molar-refractivity contribution in [3.8, 4) is 11.4 Å². The minimum Gasteiger partial charge on any atom is -0.396 e.